The third kappa shape index (κ3) is 2.44. The summed E-state index contributed by atoms with van der Waals surface area (Å²) in [6, 6.07) is 0. The van der Waals surface area contributed by atoms with Crippen LogP contribution in [-0.2, 0) is 0 Å². The number of rotatable bonds is 4. The first-order valence-electron chi connectivity index (χ1n) is 5.96. The van der Waals surface area contributed by atoms with E-state index in [0.717, 1.165) is 12.2 Å². The Hall–Kier alpha value is -1.10. The highest BCUT2D eigenvalue weighted by atomic mass is 32.1. The van der Waals surface area contributed by atoms with Gasteiger partial charge in [-0.1, -0.05) is 25.2 Å². The molecule has 2 rings (SSSR count). The average molecular weight is 253 g/mol. The number of anilines is 1. The number of nitrogens with zero attached hydrogens (tertiary/aromatic N) is 1. The van der Waals surface area contributed by atoms with Crippen molar-refractivity contribution in [2.75, 3.05) is 12.3 Å². The molecule has 1 aromatic rings. The van der Waals surface area contributed by atoms with Gasteiger partial charge in [0, 0.05) is 6.54 Å². The predicted octanol–water partition coefficient (Wildman–Crippen LogP) is 2.20. The van der Waals surface area contributed by atoms with E-state index in [-0.39, 0.29) is 5.91 Å². The van der Waals surface area contributed by atoms with Crippen LogP contribution in [0, 0.1) is 18.3 Å². The molecule has 1 aliphatic rings. The molecule has 0 bridgehead atoms. The van der Waals surface area contributed by atoms with Crippen LogP contribution >= 0.6 is 11.3 Å². The fraction of sp³-hybridized carbons (Fsp3) is 0.667. The van der Waals surface area contributed by atoms with E-state index in [0.29, 0.717) is 21.3 Å². The second-order valence-electron chi connectivity index (χ2n) is 5.17. The first kappa shape index (κ1) is 12.4. The Labute approximate surface area is 106 Å². The number of hydrogen-bond donors (Lipinski definition) is 2. The number of thiazole rings is 1. The highest BCUT2D eigenvalue weighted by molar-refractivity contribution is 7.17. The minimum atomic E-state index is -0.0383. The Morgan fingerprint density at radius 1 is 1.59 bits per heavy atom. The van der Waals surface area contributed by atoms with Crippen molar-refractivity contribution < 1.29 is 4.79 Å². The zero-order valence-electron chi connectivity index (χ0n) is 10.5. The Morgan fingerprint density at radius 2 is 2.24 bits per heavy atom. The van der Waals surface area contributed by atoms with Crippen molar-refractivity contribution >= 4 is 22.4 Å². The van der Waals surface area contributed by atoms with Gasteiger partial charge in [-0.3, -0.25) is 4.79 Å². The van der Waals surface area contributed by atoms with E-state index in [1.807, 2.05) is 6.92 Å². The summed E-state index contributed by atoms with van der Waals surface area (Å²) in [5.74, 6) is 0.582. The van der Waals surface area contributed by atoms with Crippen molar-refractivity contribution in [1.29, 1.82) is 0 Å². The summed E-state index contributed by atoms with van der Waals surface area (Å²) < 4.78 is 0. The fourth-order valence-electron chi connectivity index (χ4n) is 2.08. The smallest absolute Gasteiger partial charge is 0.263 e. The van der Waals surface area contributed by atoms with Gasteiger partial charge in [-0.15, -0.1) is 0 Å². The quantitative estimate of drug-likeness (QED) is 0.864. The molecule has 0 atom stereocenters. The number of nitrogens with one attached hydrogen (secondary N) is 1. The van der Waals surface area contributed by atoms with Gasteiger partial charge in [0.25, 0.3) is 5.91 Å². The van der Waals surface area contributed by atoms with Crippen LogP contribution in [0.2, 0.25) is 0 Å². The lowest BCUT2D eigenvalue weighted by Crippen LogP contribution is -2.32. The van der Waals surface area contributed by atoms with Crippen molar-refractivity contribution in [2.24, 2.45) is 11.3 Å². The Kier molecular flexibility index (Phi) is 3.12. The van der Waals surface area contributed by atoms with Crippen LogP contribution in [0.5, 0.6) is 0 Å². The maximum Gasteiger partial charge on any atom is 0.263 e. The number of hydrogen-bond acceptors (Lipinski definition) is 4. The van der Waals surface area contributed by atoms with E-state index in [1.54, 1.807) is 0 Å². The van der Waals surface area contributed by atoms with E-state index in [4.69, 9.17) is 5.73 Å². The maximum absolute atomic E-state index is 12.0. The molecule has 5 heteroatoms. The van der Waals surface area contributed by atoms with Crippen LogP contribution in [0.3, 0.4) is 0 Å². The van der Waals surface area contributed by atoms with Gasteiger partial charge >= 0.3 is 0 Å². The normalized spacial score (nSPS) is 17.2. The van der Waals surface area contributed by atoms with Crippen molar-refractivity contribution in [1.82, 2.24) is 10.3 Å². The monoisotopic (exact) mass is 253 g/mol. The molecule has 1 amide bonds. The van der Waals surface area contributed by atoms with Gasteiger partial charge in [-0.05, 0) is 31.1 Å². The summed E-state index contributed by atoms with van der Waals surface area (Å²) in [7, 11) is 0. The molecule has 1 heterocycles. The molecular weight excluding hydrogens is 234 g/mol. The van der Waals surface area contributed by atoms with Gasteiger partial charge < -0.3 is 11.1 Å². The van der Waals surface area contributed by atoms with Gasteiger partial charge in [-0.25, -0.2) is 4.98 Å². The van der Waals surface area contributed by atoms with Gasteiger partial charge in [0.05, 0.1) is 5.69 Å². The van der Waals surface area contributed by atoms with Gasteiger partial charge in [0.15, 0.2) is 5.13 Å². The summed E-state index contributed by atoms with van der Waals surface area (Å²) in [6.07, 6.45) is 2.43. The molecule has 1 aliphatic carbocycles. The van der Waals surface area contributed by atoms with E-state index in [2.05, 4.69) is 24.1 Å². The van der Waals surface area contributed by atoms with Gasteiger partial charge in [0.2, 0.25) is 0 Å². The van der Waals surface area contributed by atoms with Crippen molar-refractivity contribution in [3.63, 3.8) is 0 Å². The molecule has 1 saturated carbocycles. The van der Waals surface area contributed by atoms with Crippen LogP contribution < -0.4 is 11.1 Å². The van der Waals surface area contributed by atoms with E-state index in [1.165, 1.54) is 24.2 Å². The number of nitrogens with two attached hydrogens (primary N) is 1. The first-order valence-corrected chi connectivity index (χ1v) is 6.77. The molecule has 17 heavy (non-hydrogen) atoms. The molecular formula is C12H19N3OS. The van der Waals surface area contributed by atoms with Crippen LogP contribution in [0.4, 0.5) is 5.13 Å². The Morgan fingerprint density at radius 3 is 2.65 bits per heavy atom. The molecule has 0 spiro atoms. The van der Waals surface area contributed by atoms with E-state index >= 15 is 0 Å². The third-order valence-corrected chi connectivity index (χ3v) is 4.72. The predicted molar refractivity (Wildman–Crippen MR) is 70.1 cm³/mol. The summed E-state index contributed by atoms with van der Waals surface area (Å²) in [5, 5.41) is 3.47. The van der Waals surface area contributed by atoms with Crippen LogP contribution in [0.15, 0.2) is 0 Å². The molecule has 0 aliphatic heterocycles. The highest BCUT2D eigenvalue weighted by Crippen LogP contribution is 2.51. The molecule has 0 saturated heterocycles. The van der Waals surface area contributed by atoms with Crippen LogP contribution in [0.1, 0.15) is 42.1 Å². The van der Waals surface area contributed by atoms with Gasteiger partial charge in [-0.2, -0.15) is 0 Å². The van der Waals surface area contributed by atoms with E-state index < -0.39 is 0 Å². The second kappa shape index (κ2) is 4.29. The molecule has 0 unspecified atom stereocenters. The lowest BCUT2D eigenvalue weighted by Gasteiger charge is -2.19. The van der Waals surface area contributed by atoms with Crippen molar-refractivity contribution in [3.8, 4) is 0 Å². The number of aromatic nitrogens is 1. The molecule has 0 radical (unpaired) electrons. The summed E-state index contributed by atoms with van der Waals surface area (Å²) in [4.78, 5) is 16.7. The van der Waals surface area contributed by atoms with Crippen molar-refractivity contribution in [2.45, 2.75) is 33.6 Å². The first-order chi connectivity index (χ1) is 7.94. The number of aryl methyl sites for hydroxylation is 1. The fourth-order valence-corrected chi connectivity index (χ4v) is 2.83. The number of carbonyl (C=O) groups excluding carboxylic acids is 1. The molecule has 0 aromatic carbocycles. The minimum Gasteiger partial charge on any atom is -0.375 e. The highest BCUT2D eigenvalue weighted by Gasteiger charge is 2.45. The van der Waals surface area contributed by atoms with Crippen molar-refractivity contribution in [3.05, 3.63) is 10.6 Å². The topological polar surface area (TPSA) is 68.0 Å². The maximum atomic E-state index is 12.0. The second-order valence-corrected chi connectivity index (χ2v) is 6.20. The largest absolute Gasteiger partial charge is 0.375 e. The minimum absolute atomic E-state index is 0.0383. The standard InChI is InChI=1S/C12H19N3OS/c1-7(2)12(4-5-12)6-14-10(16)9-8(3)15-11(13)17-9/h7H,4-6H2,1-3H3,(H2,13,15)(H,14,16). The zero-order chi connectivity index (χ0) is 12.6. The van der Waals surface area contributed by atoms with E-state index in [9.17, 15) is 4.79 Å². The molecule has 1 aromatic heterocycles. The van der Waals surface area contributed by atoms with Crippen LogP contribution in [-0.4, -0.2) is 17.4 Å². The number of carbonyl (C=O) groups is 1. The Balaban J connectivity index is 1.96. The van der Waals surface area contributed by atoms with Crippen LogP contribution in [0.25, 0.3) is 0 Å². The third-order valence-electron chi connectivity index (χ3n) is 3.74. The summed E-state index contributed by atoms with van der Waals surface area (Å²) >= 11 is 1.26. The average Bonchev–Trinajstić information content (AvgIpc) is 2.97. The molecule has 4 nitrogen and oxygen atoms in total. The number of nitrogen functional groups attached to an aromatic ring is 1. The molecule has 1 fully saturated rings. The zero-order valence-corrected chi connectivity index (χ0v) is 11.4. The SMILES string of the molecule is Cc1nc(N)sc1C(=O)NCC1(C(C)C)CC1. The Bertz CT molecular complexity index is 435. The number of amides is 1. The summed E-state index contributed by atoms with van der Waals surface area (Å²) in [5.41, 5.74) is 6.64. The lowest BCUT2D eigenvalue weighted by molar-refractivity contribution is 0.0943. The summed E-state index contributed by atoms with van der Waals surface area (Å²) in [6.45, 7) is 7.02. The molecule has 3 N–H and O–H groups in total. The van der Waals surface area contributed by atoms with Gasteiger partial charge in [0.1, 0.15) is 4.88 Å². The molecule has 94 valence electrons. The lowest BCUT2D eigenvalue weighted by atomic mass is 9.92.